The van der Waals surface area contributed by atoms with Gasteiger partial charge in [-0.1, -0.05) is 25.6 Å². The molecule has 0 atom stereocenters. The van der Waals surface area contributed by atoms with Gasteiger partial charge >= 0.3 is 0 Å². The number of likely N-dealkylation sites (tertiary alicyclic amines) is 1. The van der Waals surface area contributed by atoms with Gasteiger partial charge in [0.25, 0.3) is 0 Å². The topological polar surface area (TPSA) is 46.0 Å². The molecule has 0 amide bonds. The molecule has 140 valence electrons. The molecule has 1 aliphatic rings. The van der Waals surface area contributed by atoms with E-state index in [4.69, 9.17) is 0 Å². The molecule has 1 aromatic carbocycles. The lowest BCUT2D eigenvalue weighted by atomic mass is 9.99. The third-order valence-electron chi connectivity index (χ3n) is 5.36. The molecule has 0 aliphatic carbocycles. The Morgan fingerprint density at radius 1 is 1.15 bits per heavy atom. The van der Waals surface area contributed by atoms with Crippen LogP contribution in [0.5, 0.6) is 0 Å². The highest BCUT2D eigenvalue weighted by atomic mass is 15.2. The largest absolute Gasteiger partial charge is 0.343 e. The molecule has 27 heavy (non-hydrogen) atoms. The Labute approximate surface area is 160 Å². The van der Waals surface area contributed by atoms with E-state index in [2.05, 4.69) is 58.1 Å². The fourth-order valence-corrected chi connectivity index (χ4v) is 3.67. The Kier molecular flexibility index (Phi) is 4.94. The molecule has 3 heterocycles. The minimum atomic E-state index is 0.846. The predicted molar refractivity (Wildman–Crippen MR) is 112 cm³/mol. The van der Waals surface area contributed by atoms with Gasteiger partial charge in [0.1, 0.15) is 5.82 Å². The van der Waals surface area contributed by atoms with Gasteiger partial charge in [0.15, 0.2) is 0 Å². The van der Waals surface area contributed by atoms with E-state index in [9.17, 15) is 0 Å². The molecule has 1 N–H and O–H groups in total. The summed E-state index contributed by atoms with van der Waals surface area (Å²) in [5.41, 5.74) is 3.28. The number of hydrogen-bond donors (Lipinski definition) is 1. The molecule has 1 saturated heterocycles. The van der Waals surface area contributed by atoms with Crippen molar-refractivity contribution in [2.24, 2.45) is 13.0 Å². The Morgan fingerprint density at radius 3 is 2.70 bits per heavy atom. The monoisotopic (exact) mass is 361 g/mol. The highest BCUT2D eigenvalue weighted by molar-refractivity contribution is 5.88. The number of piperidine rings is 1. The highest BCUT2D eigenvalue weighted by Gasteiger charge is 2.16. The SMILES string of the molecule is C=C(CN1CCC(C)CC1)Nc1cc2cc(-c3cnn(C)c3)ccc2cn1. The summed E-state index contributed by atoms with van der Waals surface area (Å²) in [6.45, 7) is 9.73. The van der Waals surface area contributed by atoms with E-state index < -0.39 is 0 Å². The van der Waals surface area contributed by atoms with Crippen LogP contribution in [0.4, 0.5) is 5.82 Å². The zero-order chi connectivity index (χ0) is 18.8. The second-order valence-electron chi connectivity index (χ2n) is 7.72. The lowest BCUT2D eigenvalue weighted by molar-refractivity contribution is 0.207. The summed E-state index contributed by atoms with van der Waals surface area (Å²) in [5, 5.41) is 9.95. The minimum Gasteiger partial charge on any atom is -0.343 e. The van der Waals surface area contributed by atoms with Gasteiger partial charge in [-0.2, -0.15) is 5.10 Å². The van der Waals surface area contributed by atoms with Crippen LogP contribution in [-0.4, -0.2) is 39.3 Å². The van der Waals surface area contributed by atoms with E-state index in [1.807, 2.05) is 30.3 Å². The number of aromatic nitrogens is 3. The zero-order valence-electron chi connectivity index (χ0n) is 16.2. The predicted octanol–water partition coefficient (Wildman–Crippen LogP) is 4.29. The van der Waals surface area contributed by atoms with Crippen LogP contribution < -0.4 is 5.32 Å². The maximum absolute atomic E-state index is 4.55. The molecule has 2 aromatic heterocycles. The summed E-state index contributed by atoms with van der Waals surface area (Å²) in [6, 6.07) is 8.51. The average Bonchev–Trinajstić information content (AvgIpc) is 3.09. The first-order valence-corrected chi connectivity index (χ1v) is 9.63. The van der Waals surface area contributed by atoms with Gasteiger partial charge in [0.2, 0.25) is 0 Å². The number of nitrogens with zero attached hydrogens (tertiary/aromatic N) is 4. The summed E-state index contributed by atoms with van der Waals surface area (Å²) in [5.74, 6) is 1.69. The first-order chi connectivity index (χ1) is 13.1. The number of fused-ring (bicyclic) bond motifs is 1. The Balaban J connectivity index is 1.48. The molecule has 3 aromatic rings. The van der Waals surface area contributed by atoms with E-state index in [1.165, 1.54) is 12.8 Å². The lowest BCUT2D eigenvalue weighted by Gasteiger charge is -2.30. The van der Waals surface area contributed by atoms with Crippen molar-refractivity contribution in [2.45, 2.75) is 19.8 Å². The fourth-order valence-electron chi connectivity index (χ4n) is 3.67. The van der Waals surface area contributed by atoms with E-state index >= 15 is 0 Å². The summed E-state index contributed by atoms with van der Waals surface area (Å²) in [4.78, 5) is 7.02. The van der Waals surface area contributed by atoms with Crippen LogP contribution in [0.1, 0.15) is 19.8 Å². The molecule has 0 radical (unpaired) electrons. The molecule has 1 aliphatic heterocycles. The van der Waals surface area contributed by atoms with Crippen molar-refractivity contribution >= 4 is 16.6 Å². The van der Waals surface area contributed by atoms with Crippen LogP contribution in [-0.2, 0) is 7.05 Å². The van der Waals surface area contributed by atoms with Gasteiger partial charge in [-0.25, -0.2) is 4.98 Å². The Hall–Kier alpha value is -2.66. The number of pyridine rings is 1. The highest BCUT2D eigenvalue weighted by Crippen LogP contribution is 2.25. The quantitative estimate of drug-likeness (QED) is 0.736. The summed E-state index contributed by atoms with van der Waals surface area (Å²) < 4.78 is 1.82. The molecule has 5 nitrogen and oxygen atoms in total. The Bertz CT molecular complexity index is 950. The molecule has 0 bridgehead atoms. The van der Waals surface area contributed by atoms with Gasteiger partial charge in [0, 0.05) is 42.6 Å². The molecule has 5 heteroatoms. The first kappa shape index (κ1) is 17.7. The van der Waals surface area contributed by atoms with E-state index in [-0.39, 0.29) is 0 Å². The number of anilines is 1. The van der Waals surface area contributed by atoms with Crippen molar-refractivity contribution in [1.29, 1.82) is 0 Å². The minimum absolute atomic E-state index is 0.846. The Morgan fingerprint density at radius 2 is 1.96 bits per heavy atom. The smallest absolute Gasteiger partial charge is 0.130 e. The maximum atomic E-state index is 4.55. The molecule has 4 rings (SSSR count). The first-order valence-electron chi connectivity index (χ1n) is 9.63. The van der Waals surface area contributed by atoms with Crippen LogP contribution in [0.3, 0.4) is 0 Å². The number of aryl methyl sites for hydroxylation is 1. The standard InChI is InChI=1S/C22H27N5/c1-16-6-8-27(9-7-16)14-17(2)25-22-11-20-10-18(4-5-19(20)12-23-22)21-13-24-26(3)15-21/h4-5,10-13,15-16H,2,6-9,14H2,1,3H3,(H,23,25). The van der Waals surface area contributed by atoms with Crippen LogP contribution in [0, 0.1) is 5.92 Å². The maximum Gasteiger partial charge on any atom is 0.130 e. The van der Waals surface area contributed by atoms with Crippen LogP contribution in [0.15, 0.2) is 55.1 Å². The number of benzene rings is 1. The van der Waals surface area contributed by atoms with Gasteiger partial charge in [0.05, 0.1) is 6.20 Å². The van der Waals surface area contributed by atoms with Crippen LogP contribution >= 0.6 is 0 Å². The summed E-state index contributed by atoms with van der Waals surface area (Å²) in [6.07, 6.45) is 8.39. The average molecular weight is 361 g/mol. The van der Waals surface area contributed by atoms with E-state index in [1.54, 1.807) is 0 Å². The van der Waals surface area contributed by atoms with Crippen molar-refractivity contribution in [3.05, 3.63) is 55.1 Å². The van der Waals surface area contributed by atoms with E-state index in [0.717, 1.165) is 59.0 Å². The van der Waals surface area contributed by atoms with Crippen molar-refractivity contribution in [2.75, 3.05) is 25.0 Å². The normalized spacial score (nSPS) is 15.9. The van der Waals surface area contributed by atoms with Gasteiger partial charge < -0.3 is 5.32 Å². The second kappa shape index (κ2) is 7.53. The van der Waals surface area contributed by atoms with Gasteiger partial charge in [-0.05, 0) is 54.9 Å². The van der Waals surface area contributed by atoms with E-state index in [0.29, 0.717) is 0 Å². The van der Waals surface area contributed by atoms with Crippen molar-refractivity contribution in [3.8, 4) is 11.1 Å². The van der Waals surface area contributed by atoms with Gasteiger partial charge in [-0.15, -0.1) is 0 Å². The summed E-state index contributed by atoms with van der Waals surface area (Å²) in [7, 11) is 1.94. The summed E-state index contributed by atoms with van der Waals surface area (Å²) >= 11 is 0. The molecular formula is C22H27N5. The van der Waals surface area contributed by atoms with Crippen molar-refractivity contribution in [3.63, 3.8) is 0 Å². The molecular weight excluding hydrogens is 334 g/mol. The van der Waals surface area contributed by atoms with Gasteiger partial charge in [-0.3, -0.25) is 9.58 Å². The molecule has 0 unspecified atom stereocenters. The third-order valence-corrected chi connectivity index (χ3v) is 5.36. The number of rotatable bonds is 5. The number of hydrogen-bond acceptors (Lipinski definition) is 4. The molecule has 0 saturated carbocycles. The molecule has 0 spiro atoms. The lowest BCUT2D eigenvalue weighted by Crippen LogP contribution is -2.35. The number of nitrogens with one attached hydrogen (secondary N) is 1. The van der Waals surface area contributed by atoms with Crippen LogP contribution in [0.2, 0.25) is 0 Å². The van der Waals surface area contributed by atoms with Crippen molar-refractivity contribution < 1.29 is 0 Å². The fraction of sp³-hybridized carbons (Fsp3) is 0.364. The van der Waals surface area contributed by atoms with Crippen LogP contribution in [0.25, 0.3) is 21.9 Å². The molecule has 1 fully saturated rings. The van der Waals surface area contributed by atoms with Crippen molar-refractivity contribution in [1.82, 2.24) is 19.7 Å². The third kappa shape index (κ3) is 4.19. The zero-order valence-corrected chi connectivity index (χ0v) is 16.2. The second-order valence-corrected chi connectivity index (χ2v) is 7.72.